The van der Waals surface area contributed by atoms with Crippen molar-refractivity contribution in [3.05, 3.63) is 48.0 Å². The minimum Gasteiger partial charge on any atom is -0.486 e. The number of benzene rings is 2. The molecule has 2 aromatic carbocycles. The molecule has 1 aromatic heterocycles. The van der Waals surface area contributed by atoms with Gasteiger partial charge in [0, 0.05) is 11.8 Å². The number of amides is 1. The molecule has 1 N–H and O–H groups in total. The van der Waals surface area contributed by atoms with Gasteiger partial charge >= 0.3 is 0 Å². The zero-order chi connectivity index (χ0) is 18.9. The predicted octanol–water partition coefficient (Wildman–Crippen LogP) is 2.48. The van der Waals surface area contributed by atoms with Crippen LogP contribution >= 0.6 is 11.8 Å². The molecular weight excluding hydrogens is 378 g/mol. The Hall–Kier alpha value is -3.07. The number of para-hydroxylation sites is 1. The molecule has 3 heterocycles. The Labute approximate surface area is 165 Å². The van der Waals surface area contributed by atoms with Crippen LogP contribution in [0.5, 0.6) is 11.5 Å². The van der Waals surface area contributed by atoms with Crippen LogP contribution in [0.15, 0.2) is 47.6 Å². The topological polar surface area (TPSA) is 91.2 Å². The second kappa shape index (κ2) is 7.16. The molecule has 1 atom stereocenters. The van der Waals surface area contributed by atoms with E-state index in [9.17, 15) is 4.79 Å². The van der Waals surface area contributed by atoms with Crippen LogP contribution in [0.1, 0.15) is 12.0 Å². The van der Waals surface area contributed by atoms with Crippen molar-refractivity contribution >= 4 is 23.4 Å². The molecule has 5 rings (SSSR count). The predicted molar refractivity (Wildman–Crippen MR) is 103 cm³/mol. The summed E-state index contributed by atoms with van der Waals surface area (Å²) in [6.07, 6.45) is 1.53. The molecule has 0 saturated heterocycles. The van der Waals surface area contributed by atoms with E-state index < -0.39 is 0 Å². The first-order valence-electron chi connectivity index (χ1n) is 9.02. The van der Waals surface area contributed by atoms with E-state index in [0.29, 0.717) is 36.3 Å². The van der Waals surface area contributed by atoms with E-state index in [1.165, 1.54) is 11.8 Å². The van der Waals surface area contributed by atoms with Gasteiger partial charge in [-0.1, -0.05) is 30.0 Å². The van der Waals surface area contributed by atoms with Crippen molar-refractivity contribution in [2.24, 2.45) is 0 Å². The van der Waals surface area contributed by atoms with E-state index >= 15 is 0 Å². The molecular formula is C19H17N5O3S. The summed E-state index contributed by atoms with van der Waals surface area (Å²) < 4.78 is 12.8. The first-order valence-corrected chi connectivity index (χ1v) is 9.90. The maximum atomic E-state index is 12.7. The summed E-state index contributed by atoms with van der Waals surface area (Å²) in [7, 11) is 0. The van der Waals surface area contributed by atoms with Crippen molar-refractivity contribution in [3.8, 4) is 17.2 Å². The molecule has 2 aliphatic heterocycles. The van der Waals surface area contributed by atoms with Gasteiger partial charge in [0.2, 0.25) is 11.1 Å². The largest absolute Gasteiger partial charge is 0.486 e. The molecule has 3 aromatic rings. The number of aromatic nitrogens is 4. The first-order chi connectivity index (χ1) is 13.8. The Morgan fingerprint density at radius 2 is 1.96 bits per heavy atom. The third-order valence-corrected chi connectivity index (χ3v) is 5.90. The highest BCUT2D eigenvalue weighted by Gasteiger charge is 2.27. The molecule has 0 bridgehead atoms. The van der Waals surface area contributed by atoms with Gasteiger partial charge in [0.1, 0.15) is 13.2 Å². The normalized spacial score (nSPS) is 18.1. The fourth-order valence-electron chi connectivity index (χ4n) is 3.31. The number of tetrazole rings is 1. The lowest BCUT2D eigenvalue weighted by Gasteiger charge is -2.19. The molecule has 1 amide bonds. The second-order valence-corrected chi connectivity index (χ2v) is 7.66. The van der Waals surface area contributed by atoms with Crippen molar-refractivity contribution in [1.82, 2.24) is 20.2 Å². The van der Waals surface area contributed by atoms with Crippen molar-refractivity contribution in [1.29, 1.82) is 0 Å². The number of hydrogen-bond acceptors (Lipinski definition) is 7. The van der Waals surface area contributed by atoms with Crippen LogP contribution in [-0.4, -0.2) is 44.6 Å². The number of rotatable bonds is 3. The van der Waals surface area contributed by atoms with Gasteiger partial charge < -0.3 is 14.8 Å². The summed E-state index contributed by atoms with van der Waals surface area (Å²) in [4.78, 5) is 12.7. The number of hydrogen-bond donors (Lipinski definition) is 1. The number of nitrogens with one attached hydrogen (secondary N) is 1. The minimum atomic E-state index is -0.283. The van der Waals surface area contributed by atoms with Crippen LogP contribution in [0.25, 0.3) is 5.69 Å². The summed E-state index contributed by atoms with van der Waals surface area (Å²) in [5.41, 5.74) is 2.78. The highest BCUT2D eigenvalue weighted by Crippen LogP contribution is 2.34. The fourth-order valence-corrected chi connectivity index (χ4v) is 4.29. The van der Waals surface area contributed by atoms with Gasteiger partial charge in [-0.05, 0) is 47.0 Å². The highest BCUT2D eigenvalue weighted by molar-refractivity contribution is 8.00. The average Bonchev–Trinajstić information content (AvgIpc) is 3.13. The lowest BCUT2D eigenvalue weighted by molar-refractivity contribution is -0.115. The van der Waals surface area contributed by atoms with Crippen molar-refractivity contribution in [2.45, 2.75) is 23.2 Å². The third-order valence-electron chi connectivity index (χ3n) is 4.70. The summed E-state index contributed by atoms with van der Waals surface area (Å²) in [6.45, 7) is 1.05. The standard InChI is InChI=1S/C19H17N5O3S/c25-18-17(8-5-12-3-1-2-4-14(12)20-18)28-19-21-22-23-24(19)13-6-7-15-16(11-13)27-10-9-26-15/h1-4,6-7,11,17H,5,8-10H2,(H,20,25)/t17-/m1/s1. The lowest BCUT2D eigenvalue weighted by atomic mass is 10.1. The number of ether oxygens (including phenoxy) is 2. The number of carbonyl (C=O) groups is 1. The lowest BCUT2D eigenvalue weighted by Crippen LogP contribution is -2.24. The smallest absolute Gasteiger partial charge is 0.237 e. The molecule has 0 saturated carbocycles. The molecule has 9 heteroatoms. The van der Waals surface area contributed by atoms with Crippen LogP contribution in [0.3, 0.4) is 0 Å². The SMILES string of the molecule is O=C1Nc2ccccc2CC[C@H]1Sc1nnnn1-c1ccc2c(c1)OCCO2. The Morgan fingerprint density at radius 3 is 2.89 bits per heavy atom. The monoisotopic (exact) mass is 395 g/mol. The molecule has 28 heavy (non-hydrogen) atoms. The molecule has 0 radical (unpaired) electrons. The first kappa shape index (κ1) is 17.1. The Kier molecular flexibility index (Phi) is 4.36. The van der Waals surface area contributed by atoms with Gasteiger partial charge in [-0.3, -0.25) is 4.79 Å². The molecule has 0 aliphatic carbocycles. The zero-order valence-electron chi connectivity index (χ0n) is 14.9. The number of nitrogens with zero attached hydrogens (tertiary/aromatic N) is 4. The number of anilines is 1. The van der Waals surface area contributed by atoms with E-state index in [1.807, 2.05) is 42.5 Å². The van der Waals surface area contributed by atoms with E-state index in [2.05, 4.69) is 20.8 Å². The quantitative estimate of drug-likeness (QED) is 0.728. The molecule has 8 nitrogen and oxygen atoms in total. The van der Waals surface area contributed by atoms with Gasteiger partial charge in [0.25, 0.3) is 0 Å². The van der Waals surface area contributed by atoms with Crippen LogP contribution in [-0.2, 0) is 11.2 Å². The van der Waals surface area contributed by atoms with Crippen LogP contribution in [0.2, 0.25) is 0 Å². The fraction of sp³-hybridized carbons (Fsp3) is 0.263. The molecule has 142 valence electrons. The zero-order valence-corrected chi connectivity index (χ0v) is 15.7. The van der Waals surface area contributed by atoms with Gasteiger partial charge in [0.15, 0.2) is 11.5 Å². The van der Waals surface area contributed by atoms with Gasteiger partial charge in [0.05, 0.1) is 10.9 Å². The molecule has 0 fully saturated rings. The van der Waals surface area contributed by atoms with E-state index in [1.54, 1.807) is 4.68 Å². The highest BCUT2D eigenvalue weighted by atomic mass is 32.2. The van der Waals surface area contributed by atoms with Gasteiger partial charge in [-0.25, -0.2) is 0 Å². The van der Waals surface area contributed by atoms with Gasteiger partial charge in [-0.2, -0.15) is 4.68 Å². The van der Waals surface area contributed by atoms with E-state index in [0.717, 1.165) is 23.4 Å². The number of fused-ring (bicyclic) bond motifs is 2. The maximum Gasteiger partial charge on any atom is 0.237 e. The summed E-state index contributed by atoms with van der Waals surface area (Å²) in [6, 6.07) is 13.4. The van der Waals surface area contributed by atoms with Crippen molar-refractivity contribution in [2.75, 3.05) is 18.5 Å². The Bertz CT molecular complexity index is 1040. The van der Waals surface area contributed by atoms with Crippen LogP contribution < -0.4 is 14.8 Å². The molecule has 0 unspecified atom stereocenters. The van der Waals surface area contributed by atoms with Gasteiger partial charge in [-0.15, -0.1) is 5.10 Å². The average molecular weight is 395 g/mol. The number of aryl methyl sites for hydroxylation is 1. The Morgan fingerprint density at radius 1 is 1.11 bits per heavy atom. The summed E-state index contributed by atoms with van der Waals surface area (Å²) in [5, 5.41) is 15.3. The van der Waals surface area contributed by atoms with Crippen molar-refractivity contribution < 1.29 is 14.3 Å². The number of thioether (sulfide) groups is 1. The maximum absolute atomic E-state index is 12.7. The van der Waals surface area contributed by atoms with E-state index in [-0.39, 0.29) is 11.2 Å². The summed E-state index contributed by atoms with van der Waals surface area (Å²) in [5.74, 6) is 1.34. The molecule has 0 spiro atoms. The summed E-state index contributed by atoms with van der Waals surface area (Å²) >= 11 is 1.36. The number of carbonyl (C=O) groups excluding carboxylic acids is 1. The van der Waals surface area contributed by atoms with Crippen molar-refractivity contribution in [3.63, 3.8) is 0 Å². The third kappa shape index (κ3) is 3.18. The second-order valence-electron chi connectivity index (χ2n) is 6.49. The minimum absolute atomic E-state index is 0.0355. The molecule has 2 aliphatic rings. The van der Waals surface area contributed by atoms with E-state index in [4.69, 9.17) is 9.47 Å². The Balaban J connectivity index is 1.39. The van der Waals surface area contributed by atoms with Crippen LogP contribution in [0, 0.1) is 0 Å². The van der Waals surface area contributed by atoms with Crippen LogP contribution in [0.4, 0.5) is 5.69 Å².